The van der Waals surface area contributed by atoms with E-state index in [0.717, 1.165) is 51.1 Å². The first-order chi connectivity index (χ1) is 13.8. The monoisotopic (exact) mass is 543 g/mol. The Kier molecular flexibility index (Phi) is 9.45. The number of benzene rings is 1. The number of halogens is 5. The van der Waals surface area contributed by atoms with Crippen LogP contribution in [0.4, 0.5) is 23.2 Å². The van der Waals surface area contributed by atoms with Crippen LogP contribution in [0.15, 0.2) is 29.3 Å². The van der Waals surface area contributed by atoms with Gasteiger partial charge in [0.25, 0.3) is 0 Å². The molecule has 2 saturated heterocycles. The fourth-order valence-electron chi connectivity index (χ4n) is 3.99. The van der Waals surface area contributed by atoms with Crippen molar-refractivity contribution in [3.05, 3.63) is 30.1 Å². The Labute approximate surface area is 192 Å². The zero-order valence-electron chi connectivity index (χ0n) is 17.0. The Balaban J connectivity index is 0.00000320. The number of hydrogen-bond acceptors (Lipinski definition) is 3. The highest BCUT2D eigenvalue weighted by Gasteiger charge is 2.32. The van der Waals surface area contributed by atoms with Crippen LogP contribution in [-0.4, -0.2) is 74.3 Å². The lowest BCUT2D eigenvalue weighted by atomic mass is 9.93. The van der Waals surface area contributed by atoms with Crippen molar-refractivity contribution in [1.29, 1.82) is 0 Å². The number of piperidine rings is 1. The van der Waals surface area contributed by atoms with Gasteiger partial charge < -0.3 is 15.5 Å². The van der Waals surface area contributed by atoms with Crippen molar-refractivity contribution in [1.82, 2.24) is 9.80 Å². The van der Waals surface area contributed by atoms with Gasteiger partial charge in [-0.3, -0.25) is 9.89 Å². The lowest BCUT2D eigenvalue weighted by molar-refractivity contribution is -0.148. The van der Waals surface area contributed by atoms with Crippen molar-refractivity contribution in [3.8, 4) is 0 Å². The molecular formula is C20H30F4IN5. The second-order valence-corrected chi connectivity index (χ2v) is 7.81. The van der Waals surface area contributed by atoms with Crippen LogP contribution >= 0.6 is 24.0 Å². The minimum absolute atomic E-state index is 0. The number of alkyl halides is 3. The molecule has 0 bridgehead atoms. The largest absolute Gasteiger partial charge is 0.401 e. The van der Waals surface area contributed by atoms with Crippen LogP contribution in [0.3, 0.4) is 0 Å². The summed E-state index contributed by atoms with van der Waals surface area (Å²) in [6.07, 6.45) is -1.70. The highest BCUT2D eigenvalue weighted by Crippen LogP contribution is 2.24. The van der Waals surface area contributed by atoms with E-state index in [9.17, 15) is 17.6 Å². The normalized spacial score (nSPS) is 19.7. The maximum atomic E-state index is 13.1. The molecule has 10 heteroatoms. The molecule has 0 saturated carbocycles. The summed E-state index contributed by atoms with van der Waals surface area (Å²) in [5, 5.41) is 0. The predicted molar refractivity (Wildman–Crippen MR) is 122 cm³/mol. The predicted octanol–water partition coefficient (Wildman–Crippen LogP) is 3.54. The lowest BCUT2D eigenvalue weighted by Crippen LogP contribution is -2.51. The van der Waals surface area contributed by atoms with Gasteiger partial charge in [0.15, 0.2) is 5.96 Å². The molecular weight excluding hydrogens is 513 g/mol. The summed E-state index contributed by atoms with van der Waals surface area (Å²) in [6.45, 7) is 3.87. The van der Waals surface area contributed by atoms with Crippen LogP contribution in [0.1, 0.15) is 19.3 Å². The molecule has 2 aliphatic rings. The molecule has 1 aromatic carbocycles. The second-order valence-electron chi connectivity index (χ2n) is 7.81. The van der Waals surface area contributed by atoms with E-state index in [1.54, 1.807) is 12.1 Å². The highest BCUT2D eigenvalue weighted by molar-refractivity contribution is 14.0. The summed E-state index contributed by atoms with van der Waals surface area (Å²) >= 11 is 0. The number of piperazine rings is 1. The molecule has 5 nitrogen and oxygen atoms in total. The minimum Gasteiger partial charge on any atom is -0.370 e. The summed E-state index contributed by atoms with van der Waals surface area (Å²) < 4.78 is 50.4. The van der Waals surface area contributed by atoms with Crippen LogP contribution < -0.4 is 10.6 Å². The summed E-state index contributed by atoms with van der Waals surface area (Å²) in [5.74, 6) is 0.694. The van der Waals surface area contributed by atoms with E-state index < -0.39 is 12.7 Å². The molecule has 3 rings (SSSR count). The number of nitrogens with two attached hydrogens (primary N) is 1. The number of likely N-dealkylation sites (tertiary alicyclic amines) is 1. The van der Waals surface area contributed by atoms with Gasteiger partial charge in [-0.05, 0) is 62.5 Å². The van der Waals surface area contributed by atoms with Gasteiger partial charge in [-0.1, -0.05) is 0 Å². The maximum Gasteiger partial charge on any atom is 0.401 e. The first-order valence-electron chi connectivity index (χ1n) is 10.1. The summed E-state index contributed by atoms with van der Waals surface area (Å²) in [5.41, 5.74) is 7.13. The van der Waals surface area contributed by atoms with Gasteiger partial charge in [-0.2, -0.15) is 13.2 Å². The molecule has 2 N–H and O–H groups in total. The molecule has 170 valence electrons. The van der Waals surface area contributed by atoms with Gasteiger partial charge >= 0.3 is 6.18 Å². The topological polar surface area (TPSA) is 48.1 Å². The van der Waals surface area contributed by atoms with Crippen molar-refractivity contribution in [3.63, 3.8) is 0 Å². The molecule has 2 heterocycles. The van der Waals surface area contributed by atoms with Crippen LogP contribution in [0.25, 0.3) is 0 Å². The third-order valence-corrected chi connectivity index (χ3v) is 5.72. The maximum absolute atomic E-state index is 13.1. The van der Waals surface area contributed by atoms with Gasteiger partial charge in [0.05, 0.1) is 6.54 Å². The van der Waals surface area contributed by atoms with E-state index in [-0.39, 0.29) is 29.8 Å². The summed E-state index contributed by atoms with van der Waals surface area (Å²) in [6, 6.07) is 6.49. The van der Waals surface area contributed by atoms with Crippen molar-refractivity contribution < 1.29 is 17.6 Å². The van der Waals surface area contributed by atoms with Crippen molar-refractivity contribution in [2.24, 2.45) is 16.6 Å². The number of hydrogen-bond donors (Lipinski definition) is 1. The van der Waals surface area contributed by atoms with E-state index >= 15 is 0 Å². The van der Waals surface area contributed by atoms with Crippen molar-refractivity contribution in [2.45, 2.75) is 25.4 Å². The Morgan fingerprint density at radius 2 is 1.60 bits per heavy atom. The van der Waals surface area contributed by atoms with E-state index in [0.29, 0.717) is 31.5 Å². The Bertz CT molecular complexity index is 667. The smallest absolute Gasteiger partial charge is 0.370 e. The fourth-order valence-corrected chi connectivity index (χ4v) is 3.99. The number of guanidine groups is 1. The summed E-state index contributed by atoms with van der Waals surface area (Å²) in [7, 11) is 0. The standard InChI is InChI=1S/C20H29F4N5.HI/c21-17-1-3-18(4-2-17)28-11-13-29(14-12-28)19(25)26-8-5-16-6-9-27(10-7-16)15-20(22,23)24;/h1-4,16H,5-15H2,(H2,25,26);1H. The van der Waals surface area contributed by atoms with Gasteiger partial charge in [-0.15, -0.1) is 24.0 Å². The zero-order chi connectivity index (χ0) is 20.9. The number of aliphatic imine (C=N–C) groups is 1. The first kappa shape index (κ1) is 25.0. The number of rotatable bonds is 5. The van der Waals surface area contributed by atoms with Gasteiger partial charge in [-0.25, -0.2) is 4.39 Å². The Hall–Kier alpha value is -1.30. The third kappa shape index (κ3) is 7.75. The quantitative estimate of drug-likeness (QED) is 0.267. The molecule has 1 aromatic rings. The fraction of sp³-hybridized carbons (Fsp3) is 0.650. The number of anilines is 1. The Morgan fingerprint density at radius 1 is 1.00 bits per heavy atom. The Morgan fingerprint density at radius 3 is 2.17 bits per heavy atom. The van der Waals surface area contributed by atoms with Crippen LogP contribution in [0.2, 0.25) is 0 Å². The lowest BCUT2D eigenvalue weighted by Gasteiger charge is -2.36. The SMILES string of the molecule is I.NC(=NCCC1CCN(CC(F)(F)F)CC1)N1CCN(c2ccc(F)cc2)CC1. The van der Waals surface area contributed by atoms with E-state index in [4.69, 9.17) is 5.73 Å². The minimum atomic E-state index is -4.12. The van der Waals surface area contributed by atoms with Gasteiger partial charge in [0, 0.05) is 38.4 Å². The van der Waals surface area contributed by atoms with Crippen molar-refractivity contribution >= 4 is 35.6 Å². The average Bonchev–Trinajstić information content (AvgIpc) is 2.69. The molecule has 0 aromatic heterocycles. The van der Waals surface area contributed by atoms with E-state index in [2.05, 4.69) is 9.89 Å². The second kappa shape index (κ2) is 11.4. The highest BCUT2D eigenvalue weighted by atomic mass is 127. The molecule has 2 fully saturated rings. The molecule has 30 heavy (non-hydrogen) atoms. The molecule has 0 spiro atoms. The van der Waals surface area contributed by atoms with Gasteiger partial charge in [0.2, 0.25) is 0 Å². The average molecular weight is 543 g/mol. The van der Waals surface area contributed by atoms with Crippen LogP contribution in [0.5, 0.6) is 0 Å². The van der Waals surface area contributed by atoms with Crippen LogP contribution in [-0.2, 0) is 0 Å². The first-order valence-corrected chi connectivity index (χ1v) is 10.1. The van der Waals surface area contributed by atoms with Gasteiger partial charge in [0.1, 0.15) is 5.82 Å². The summed E-state index contributed by atoms with van der Waals surface area (Å²) in [4.78, 5) is 10.2. The zero-order valence-corrected chi connectivity index (χ0v) is 19.3. The molecule has 0 unspecified atom stereocenters. The van der Waals surface area contributed by atoms with Crippen molar-refractivity contribution in [2.75, 3.05) is 57.3 Å². The van der Waals surface area contributed by atoms with E-state index in [1.165, 1.54) is 17.0 Å². The molecule has 0 amide bonds. The molecule has 0 atom stereocenters. The third-order valence-electron chi connectivity index (χ3n) is 5.72. The number of nitrogens with zero attached hydrogens (tertiary/aromatic N) is 4. The van der Waals surface area contributed by atoms with Crippen LogP contribution in [0, 0.1) is 11.7 Å². The molecule has 0 aliphatic carbocycles. The molecule has 2 aliphatic heterocycles. The molecule has 0 radical (unpaired) electrons. The van der Waals surface area contributed by atoms with E-state index in [1.807, 2.05) is 4.90 Å².